The molecule has 1 unspecified atom stereocenters. The maximum absolute atomic E-state index is 12.7. The number of rotatable bonds is 7. The van der Waals surface area contributed by atoms with E-state index in [0.29, 0.717) is 19.7 Å². The van der Waals surface area contributed by atoms with Crippen LogP contribution in [0.15, 0.2) is 48.8 Å². The first kappa shape index (κ1) is 17.9. The van der Waals surface area contributed by atoms with Crippen LogP contribution >= 0.6 is 0 Å². The first-order valence-corrected chi connectivity index (χ1v) is 8.08. The summed E-state index contributed by atoms with van der Waals surface area (Å²) >= 11 is 0. The summed E-state index contributed by atoms with van der Waals surface area (Å²) < 4.78 is 5.10. The SMILES string of the molecule is COCC(C)NC(=O)N(Cc1cccnc1)Cc1ccccc1C. The monoisotopic (exact) mass is 327 g/mol. The minimum absolute atomic E-state index is 0.0456. The molecule has 0 aliphatic heterocycles. The number of hydrogen-bond donors (Lipinski definition) is 1. The Balaban J connectivity index is 2.14. The van der Waals surface area contributed by atoms with E-state index in [-0.39, 0.29) is 12.1 Å². The number of ether oxygens (including phenoxy) is 1. The summed E-state index contributed by atoms with van der Waals surface area (Å²) in [5.74, 6) is 0. The second kappa shape index (κ2) is 9.03. The minimum atomic E-state index is -0.105. The van der Waals surface area contributed by atoms with Gasteiger partial charge in [0, 0.05) is 32.6 Å². The van der Waals surface area contributed by atoms with Gasteiger partial charge in [0.25, 0.3) is 0 Å². The lowest BCUT2D eigenvalue weighted by molar-refractivity contribution is 0.156. The third-order valence-corrected chi connectivity index (χ3v) is 3.79. The highest BCUT2D eigenvalue weighted by atomic mass is 16.5. The van der Waals surface area contributed by atoms with Crippen LogP contribution in [-0.4, -0.2) is 35.7 Å². The van der Waals surface area contributed by atoms with E-state index in [4.69, 9.17) is 4.74 Å². The molecule has 0 bridgehead atoms. The largest absolute Gasteiger partial charge is 0.383 e. The van der Waals surface area contributed by atoms with Crippen LogP contribution in [0.4, 0.5) is 4.79 Å². The second-order valence-corrected chi connectivity index (χ2v) is 5.95. The molecule has 0 fully saturated rings. The van der Waals surface area contributed by atoms with Crippen molar-refractivity contribution in [2.45, 2.75) is 33.0 Å². The number of methoxy groups -OCH3 is 1. The summed E-state index contributed by atoms with van der Waals surface area (Å²) in [5.41, 5.74) is 3.31. The maximum atomic E-state index is 12.7. The fraction of sp³-hybridized carbons (Fsp3) is 0.368. The number of aryl methyl sites for hydroxylation is 1. The molecule has 0 spiro atoms. The molecular formula is C19H25N3O2. The third kappa shape index (κ3) is 5.35. The zero-order chi connectivity index (χ0) is 17.4. The van der Waals surface area contributed by atoms with Gasteiger partial charge < -0.3 is 15.0 Å². The van der Waals surface area contributed by atoms with Gasteiger partial charge in [0.05, 0.1) is 12.6 Å². The van der Waals surface area contributed by atoms with E-state index >= 15 is 0 Å². The van der Waals surface area contributed by atoms with Gasteiger partial charge in [-0.2, -0.15) is 0 Å². The predicted octanol–water partition coefficient (Wildman–Crippen LogP) is 3.14. The molecule has 1 heterocycles. The van der Waals surface area contributed by atoms with Gasteiger partial charge in [-0.3, -0.25) is 4.98 Å². The fourth-order valence-electron chi connectivity index (χ4n) is 2.50. The lowest BCUT2D eigenvalue weighted by Gasteiger charge is -2.26. The smallest absolute Gasteiger partial charge is 0.318 e. The Bertz CT molecular complexity index is 646. The van der Waals surface area contributed by atoms with Crippen molar-refractivity contribution in [2.75, 3.05) is 13.7 Å². The summed E-state index contributed by atoms with van der Waals surface area (Å²) in [6.07, 6.45) is 3.52. The molecule has 5 heteroatoms. The van der Waals surface area contributed by atoms with Crippen LogP contribution in [0.3, 0.4) is 0 Å². The Morgan fingerprint density at radius 3 is 2.71 bits per heavy atom. The van der Waals surface area contributed by atoms with Crippen LogP contribution in [0.25, 0.3) is 0 Å². The lowest BCUT2D eigenvalue weighted by atomic mass is 10.1. The molecule has 24 heavy (non-hydrogen) atoms. The summed E-state index contributed by atoms with van der Waals surface area (Å²) in [5, 5.41) is 2.98. The summed E-state index contributed by atoms with van der Waals surface area (Å²) in [6.45, 7) is 5.53. The maximum Gasteiger partial charge on any atom is 0.318 e. The Morgan fingerprint density at radius 2 is 2.04 bits per heavy atom. The molecule has 1 N–H and O–H groups in total. The van der Waals surface area contributed by atoms with E-state index in [2.05, 4.69) is 29.4 Å². The van der Waals surface area contributed by atoms with Gasteiger partial charge in [0.15, 0.2) is 0 Å². The van der Waals surface area contributed by atoms with Crippen molar-refractivity contribution in [3.8, 4) is 0 Å². The molecule has 2 aromatic rings. The highest BCUT2D eigenvalue weighted by Gasteiger charge is 2.17. The molecule has 2 amide bonds. The number of benzene rings is 1. The molecule has 5 nitrogen and oxygen atoms in total. The van der Waals surface area contributed by atoms with Crippen LogP contribution in [0, 0.1) is 6.92 Å². The highest BCUT2D eigenvalue weighted by molar-refractivity contribution is 5.74. The standard InChI is InChI=1S/C19H25N3O2/c1-15-7-4-5-9-18(15)13-22(12-17-8-6-10-20-11-17)19(23)21-16(2)14-24-3/h4-11,16H,12-14H2,1-3H3,(H,21,23). The van der Waals surface area contributed by atoms with Crippen LogP contribution in [-0.2, 0) is 17.8 Å². The molecule has 1 atom stereocenters. The van der Waals surface area contributed by atoms with Gasteiger partial charge in [0.2, 0.25) is 0 Å². The van der Waals surface area contributed by atoms with Gasteiger partial charge in [-0.15, -0.1) is 0 Å². The Morgan fingerprint density at radius 1 is 1.25 bits per heavy atom. The molecule has 1 aromatic carbocycles. The van der Waals surface area contributed by atoms with Gasteiger partial charge in [0.1, 0.15) is 0 Å². The van der Waals surface area contributed by atoms with E-state index < -0.39 is 0 Å². The fourth-order valence-corrected chi connectivity index (χ4v) is 2.50. The van der Waals surface area contributed by atoms with Crippen LogP contribution in [0.1, 0.15) is 23.6 Å². The Labute approximate surface area is 143 Å². The lowest BCUT2D eigenvalue weighted by Crippen LogP contribution is -2.44. The van der Waals surface area contributed by atoms with Crippen molar-refractivity contribution < 1.29 is 9.53 Å². The number of aromatic nitrogens is 1. The van der Waals surface area contributed by atoms with Crippen LogP contribution < -0.4 is 5.32 Å². The van der Waals surface area contributed by atoms with Crippen molar-refractivity contribution in [3.63, 3.8) is 0 Å². The summed E-state index contributed by atoms with van der Waals surface area (Å²) in [6, 6.07) is 11.8. The van der Waals surface area contributed by atoms with E-state index in [9.17, 15) is 4.79 Å². The molecule has 0 radical (unpaired) electrons. The number of amides is 2. The van der Waals surface area contributed by atoms with Crippen molar-refractivity contribution >= 4 is 6.03 Å². The zero-order valence-corrected chi connectivity index (χ0v) is 14.5. The average Bonchev–Trinajstić information content (AvgIpc) is 2.57. The molecule has 128 valence electrons. The van der Waals surface area contributed by atoms with Gasteiger partial charge in [-0.1, -0.05) is 30.3 Å². The van der Waals surface area contributed by atoms with Crippen molar-refractivity contribution in [3.05, 3.63) is 65.5 Å². The van der Waals surface area contributed by atoms with Gasteiger partial charge in [-0.05, 0) is 36.6 Å². The third-order valence-electron chi connectivity index (χ3n) is 3.79. The number of urea groups is 1. The van der Waals surface area contributed by atoms with E-state index in [0.717, 1.165) is 11.1 Å². The van der Waals surface area contributed by atoms with E-state index in [1.54, 1.807) is 24.4 Å². The Kier molecular flexibility index (Phi) is 6.75. The summed E-state index contributed by atoms with van der Waals surface area (Å²) in [7, 11) is 1.63. The molecular weight excluding hydrogens is 302 g/mol. The number of hydrogen-bond acceptors (Lipinski definition) is 3. The van der Waals surface area contributed by atoms with Crippen LogP contribution in [0.2, 0.25) is 0 Å². The summed E-state index contributed by atoms with van der Waals surface area (Å²) in [4.78, 5) is 18.6. The predicted molar refractivity (Wildman–Crippen MR) is 94.5 cm³/mol. The van der Waals surface area contributed by atoms with Gasteiger partial charge in [-0.25, -0.2) is 4.79 Å². The van der Waals surface area contributed by atoms with Crippen molar-refractivity contribution in [2.24, 2.45) is 0 Å². The first-order valence-electron chi connectivity index (χ1n) is 8.08. The minimum Gasteiger partial charge on any atom is -0.383 e. The first-order chi connectivity index (χ1) is 11.6. The number of nitrogens with zero attached hydrogens (tertiary/aromatic N) is 2. The molecule has 0 aliphatic carbocycles. The topological polar surface area (TPSA) is 54.5 Å². The van der Waals surface area contributed by atoms with Crippen molar-refractivity contribution in [1.82, 2.24) is 15.2 Å². The molecule has 0 saturated heterocycles. The number of pyridine rings is 1. The molecule has 2 rings (SSSR count). The quantitative estimate of drug-likeness (QED) is 0.850. The Hall–Kier alpha value is -2.40. The van der Waals surface area contributed by atoms with Crippen molar-refractivity contribution in [1.29, 1.82) is 0 Å². The average molecular weight is 327 g/mol. The molecule has 1 aromatic heterocycles. The number of nitrogens with one attached hydrogen (secondary N) is 1. The highest BCUT2D eigenvalue weighted by Crippen LogP contribution is 2.13. The van der Waals surface area contributed by atoms with Crippen LogP contribution in [0.5, 0.6) is 0 Å². The number of carbonyl (C=O) groups is 1. The second-order valence-electron chi connectivity index (χ2n) is 5.95. The van der Waals surface area contributed by atoms with Gasteiger partial charge >= 0.3 is 6.03 Å². The van der Waals surface area contributed by atoms with E-state index in [1.165, 1.54) is 5.56 Å². The van der Waals surface area contributed by atoms with E-state index in [1.807, 2.05) is 31.2 Å². The normalized spacial score (nSPS) is 11.8. The molecule has 0 aliphatic rings. The molecule has 0 saturated carbocycles. The zero-order valence-electron chi connectivity index (χ0n) is 14.5. The number of carbonyl (C=O) groups excluding carboxylic acids is 1.